The van der Waals surface area contributed by atoms with Gasteiger partial charge in [0.2, 0.25) is 11.8 Å². The third-order valence-electron chi connectivity index (χ3n) is 4.88. The van der Waals surface area contributed by atoms with Crippen molar-refractivity contribution in [2.24, 2.45) is 0 Å². The molecule has 0 aromatic heterocycles. The quantitative estimate of drug-likeness (QED) is 0.868. The largest absolute Gasteiger partial charge is 0.345 e. The molecule has 0 saturated carbocycles. The average Bonchev–Trinajstić information content (AvgIpc) is 3.19. The Labute approximate surface area is 165 Å². The van der Waals surface area contributed by atoms with Gasteiger partial charge < -0.3 is 15.1 Å². The van der Waals surface area contributed by atoms with Crippen LogP contribution >= 0.6 is 0 Å². The van der Waals surface area contributed by atoms with E-state index in [9.17, 15) is 14.4 Å². The second-order valence-electron chi connectivity index (χ2n) is 7.17. The fourth-order valence-corrected chi connectivity index (χ4v) is 3.39. The fourth-order valence-electron chi connectivity index (χ4n) is 3.39. The first kappa shape index (κ1) is 19.6. The fraction of sp³-hybridized carbons (Fsp3) is 0.318. The summed E-state index contributed by atoms with van der Waals surface area (Å²) in [5.41, 5.74) is 2.12. The first-order valence-corrected chi connectivity index (χ1v) is 9.41. The smallest absolute Gasteiger partial charge is 0.253 e. The molecule has 28 heavy (non-hydrogen) atoms. The summed E-state index contributed by atoms with van der Waals surface area (Å²) in [6.07, 6.45) is 1.77. The van der Waals surface area contributed by atoms with Crippen LogP contribution < -0.4 is 5.32 Å². The van der Waals surface area contributed by atoms with Crippen molar-refractivity contribution >= 4 is 23.4 Å². The highest BCUT2D eigenvalue weighted by Gasteiger charge is 2.33. The van der Waals surface area contributed by atoms with Gasteiger partial charge in [0.15, 0.2) is 0 Å². The average molecular weight is 379 g/mol. The van der Waals surface area contributed by atoms with Crippen LogP contribution in [0.25, 0.3) is 0 Å². The normalized spacial score (nSPS) is 15.9. The molecule has 1 atom stereocenters. The molecule has 6 nitrogen and oxygen atoms in total. The lowest BCUT2D eigenvalue weighted by atomic mass is 10.1. The van der Waals surface area contributed by atoms with Crippen LogP contribution in [0.5, 0.6) is 0 Å². The zero-order valence-corrected chi connectivity index (χ0v) is 16.2. The van der Waals surface area contributed by atoms with Crippen molar-refractivity contribution in [1.29, 1.82) is 0 Å². The van der Waals surface area contributed by atoms with E-state index in [2.05, 4.69) is 5.32 Å². The molecule has 1 fully saturated rings. The number of anilines is 1. The lowest BCUT2D eigenvalue weighted by Crippen LogP contribution is -2.43. The summed E-state index contributed by atoms with van der Waals surface area (Å²) in [5, 5.41) is 2.87. The number of carbonyl (C=O) groups excluding carboxylic acids is 3. The molecular formula is C22H25N3O3. The Bertz CT molecular complexity index is 847. The van der Waals surface area contributed by atoms with Gasteiger partial charge in [0.1, 0.15) is 6.04 Å². The summed E-state index contributed by atoms with van der Waals surface area (Å²) in [6, 6.07) is 15.9. The van der Waals surface area contributed by atoms with Gasteiger partial charge in [0.25, 0.3) is 5.91 Å². The standard InChI is InChI=1S/C22H25N3O3/c1-24(2)22(28)17-10-12-18(13-11-17)23-21(27)19-9-6-14-25(19)20(26)15-16-7-4-3-5-8-16/h3-5,7-8,10-13,19H,6,9,14-15H2,1-2H3,(H,23,27). The highest BCUT2D eigenvalue weighted by Crippen LogP contribution is 2.21. The molecular weight excluding hydrogens is 354 g/mol. The van der Waals surface area contributed by atoms with Crippen molar-refractivity contribution in [3.63, 3.8) is 0 Å². The minimum absolute atomic E-state index is 0.0317. The number of carbonyl (C=O) groups is 3. The second-order valence-corrected chi connectivity index (χ2v) is 7.17. The second kappa shape index (κ2) is 8.69. The molecule has 6 heteroatoms. The molecule has 0 aliphatic carbocycles. The van der Waals surface area contributed by atoms with Gasteiger partial charge in [-0.05, 0) is 42.7 Å². The molecule has 1 N–H and O–H groups in total. The van der Waals surface area contributed by atoms with Gasteiger partial charge in [0, 0.05) is 31.9 Å². The molecule has 2 aromatic carbocycles. The summed E-state index contributed by atoms with van der Waals surface area (Å²) in [4.78, 5) is 40.5. The van der Waals surface area contributed by atoms with Crippen LogP contribution in [-0.4, -0.2) is 54.2 Å². The van der Waals surface area contributed by atoms with E-state index in [1.165, 1.54) is 4.90 Å². The van der Waals surface area contributed by atoms with Crippen LogP contribution in [0.15, 0.2) is 54.6 Å². The van der Waals surface area contributed by atoms with Gasteiger partial charge in [0.05, 0.1) is 6.42 Å². The first-order valence-electron chi connectivity index (χ1n) is 9.41. The SMILES string of the molecule is CN(C)C(=O)c1ccc(NC(=O)C2CCCN2C(=O)Cc2ccccc2)cc1. The number of nitrogens with one attached hydrogen (secondary N) is 1. The summed E-state index contributed by atoms with van der Waals surface area (Å²) < 4.78 is 0. The number of rotatable bonds is 5. The van der Waals surface area contributed by atoms with Crippen molar-refractivity contribution in [1.82, 2.24) is 9.80 Å². The van der Waals surface area contributed by atoms with E-state index in [4.69, 9.17) is 0 Å². The molecule has 0 bridgehead atoms. The molecule has 2 aromatic rings. The molecule has 1 unspecified atom stereocenters. The van der Waals surface area contributed by atoms with Crippen LogP contribution in [0.2, 0.25) is 0 Å². The zero-order valence-electron chi connectivity index (χ0n) is 16.2. The maximum atomic E-state index is 12.7. The van der Waals surface area contributed by atoms with E-state index in [1.807, 2.05) is 30.3 Å². The molecule has 146 valence electrons. The minimum atomic E-state index is -0.459. The number of amides is 3. The number of likely N-dealkylation sites (tertiary alicyclic amines) is 1. The Kier molecular flexibility index (Phi) is 6.09. The van der Waals surface area contributed by atoms with Crippen molar-refractivity contribution in [3.05, 3.63) is 65.7 Å². The number of nitrogens with zero attached hydrogens (tertiary/aromatic N) is 2. The predicted octanol–water partition coefficient (Wildman–Crippen LogP) is 2.56. The number of benzene rings is 2. The highest BCUT2D eigenvalue weighted by molar-refractivity contribution is 5.99. The van der Waals surface area contributed by atoms with E-state index in [0.717, 1.165) is 12.0 Å². The molecule has 1 saturated heterocycles. The first-order chi connectivity index (χ1) is 13.5. The van der Waals surface area contributed by atoms with Crippen molar-refractivity contribution < 1.29 is 14.4 Å². The summed E-state index contributed by atoms with van der Waals surface area (Å²) >= 11 is 0. The van der Waals surface area contributed by atoms with Crippen LogP contribution in [0.4, 0.5) is 5.69 Å². The minimum Gasteiger partial charge on any atom is -0.345 e. The topological polar surface area (TPSA) is 69.7 Å². The zero-order chi connectivity index (χ0) is 20.1. The van der Waals surface area contributed by atoms with E-state index in [-0.39, 0.29) is 17.7 Å². The molecule has 1 aliphatic heterocycles. The van der Waals surface area contributed by atoms with E-state index < -0.39 is 6.04 Å². The van der Waals surface area contributed by atoms with Gasteiger partial charge >= 0.3 is 0 Å². The summed E-state index contributed by atoms with van der Waals surface area (Å²) in [5.74, 6) is -0.312. The Balaban J connectivity index is 1.63. The molecule has 0 spiro atoms. The van der Waals surface area contributed by atoms with Crippen LogP contribution in [0, 0.1) is 0 Å². The van der Waals surface area contributed by atoms with Gasteiger partial charge in [-0.25, -0.2) is 0 Å². The van der Waals surface area contributed by atoms with Gasteiger partial charge in [-0.2, -0.15) is 0 Å². The van der Waals surface area contributed by atoms with E-state index >= 15 is 0 Å². The number of hydrogen-bond donors (Lipinski definition) is 1. The van der Waals surface area contributed by atoms with Crippen LogP contribution in [0.3, 0.4) is 0 Å². The Morgan fingerprint density at radius 2 is 1.71 bits per heavy atom. The third kappa shape index (κ3) is 4.57. The van der Waals surface area contributed by atoms with Gasteiger partial charge in [-0.15, -0.1) is 0 Å². The molecule has 3 rings (SSSR count). The maximum Gasteiger partial charge on any atom is 0.253 e. The Morgan fingerprint density at radius 1 is 1.04 bits per heavy atom. The van der Waals surface area contributed by atoms with Crippen LogP contribution in [-0.2, 0) is 16.0 Å². The van der Waals surface area contributed by atoms with Gasteiger partial charge in [-0.3, -0.25) is 14.4 Å². The molecule has 3 amide bonds. The van der Waals surface area contributed by atoms with Gasteiger partial charge in [-0.1, -0.05) is 30.3 Å². The maximum absolute atomic E-state index is 12.7. The molecule has 0 radical (unpaired) electrons. The molecule has 1 heterocycles. The van der Waals surface area contributed by atoms with E-state index in [0.29, 0.717) is 30.6 Å². The Morgan fingerprint density at radius 3 is 2.36 bits per heavy atom. The Hall–Kier alpha value is -3.15. The third-order valence-corrected chi connectivity index (χ3v) is 4.88. The monoisotopic (exact) mass is 379 g/mol. The van der Waals surface area contributed by atoms with E-state index in [1.54, 1.807) is 43.3 Å². The van der Waals surface area contributed by atoms with Crippen molar-refractivity contribution in [3.8, 4) is 0 Å². The lowest BCUT2D eigenvalue weighted by molar-refractivity contribution is -0.136. The number of hydrogen-bond acceptors (Lipinski definition) is 3. The summed E-state index contributed by atoms with van der Waals surface area (Å²) in [7, 11) is 3.39. The highest BCUT2D eigenvalue weighted by atomic mass is 16.2. The summed E-state index contributed by atoms with van der Waals surface area (Å²) in [6.45, 7) is 0.597. The molecule has 1 aliphatic rings. The lowest BCUT2D eigenvalue weighted by Gasteiger charge is -2.24. The van der Waals surface area contributed by atoms with Crippen molar-refractivity contribution in [2.75, 3.05) is 26.0 Å². The van der Waals surface area contributed by atoms with Crippen LogP contribution in [0.1, 0.15) is 28.8 Å². The van der Waals surface area contributed by atoms with Crippen molar-refractivity contribution in [2.45, 2.75) is 25.3 Å². The predicted molar refractivity (Wildman–Crippen MR) is 108 cm³/mol.